The lowest BCUT2D eigenvalue weighted by Crippen LogP contribution is -2.45. The highest BCUT2D eigenvalue weighted by atomic mass is 16.2. The van der Waals surface area contributed by atoms with Crippen LogP contribution in [0, 0.1) is 6.92 Å². The van der Waals surface area contributed by atoms with Crippen molar-refractivity contribution in [3.63, 3.8) is 0 Å². The largest absolute Gasteiger partial charge is 0.324 e. The maximum atomic E-state index is 13.2. The quantitative estimate of drug-likeness (QED) is 0.612. The van der Waals surface area contributed by atoms with Crippen LogP contribution in [0.3, 0.4) is 0 Å². The molecule has 1 N–H and O–H groups in total. The van der Waals surface area contributed by atoms with E-state index in [0.29, 0.717) is 11.4 Å². The molecule has 0 fully saturated rings. The number of hydrogen-bond donors (Lipinski definition) is 1. The van der Waals surface area contributed by atoms with Gasteiger partial charge in [-0.3, -0.25) is 24.1 Å². The number of para-hydroxylation sites is 2. The van der Waals surface area contributed by atoms with E-state index in [2.05, 4.69) is 5.32 Å². The Labute approximate surface area is 185 Å². The molecule has 4 amide bonds. The van der Waals surface area contributed by atoms with Crippen molar-refractivity contribution in [1.29, 1.82) is 0 Å². The van der Waals surface area contributed by atoms with Gasteiger partial charge in [0.15, 0.2) is 0 Å². The molecular formula is C25H21N3O4. The molecular weight excluding hydrogens is 406 g/mol. The Bertz CT molecular complexity index is 1170. The summed E-state index contributed by atoms with van der Waals surface area (Å²) < 4.78 is 0. The lowest BCUT2D eigenvalue weighted by molar-refractivity contribution is -0.121. The molecule has 1 aliphatic rings. The highest BCUT2D eigenvalue weighted by Gasteiger charge is 2.37. The Hall–Kier alpha value is -4.26. The average Bonchev–Trinajstić information content (AvgIpc) is 3.04. The fourth-order valence-corrected chi connectivity index (χ4v) is 3.58. The second kappa shape index (κ2) is 8.85. The third kappa shape index (κ3) is 4.13. The van der Waals surface area contributed by atoms with E-state index in [-0.39, 0.29) is 23.6 Å². The summed E-state index contributed by atoms with van der Waals surface area (Å²) in [6, 6.07) is 22.5. The van der Waals surface area contributed by atoms with Gasteiger partial charge in [-0.05, 0) is 42.8 Å². The van der Waals surface area contributed by atoms with Crippen LogP contribution in [0.25, 0.3) is 0 Å². The van der Waals surface area contributed by atoms with Gasteiger partial charge in [0.25, 0.3) is 11.8 Å². The van der Waals surface area contributed by atoms with Crippen LogP contribution in [0.2, 0.25) is 0 Å². The normalized spacial score (nSPS) is 12.5. The summed E-state index contributed by atoms with van der Waals surface area (Å²) in [7, 11) is 0. The summed E-state index contributed by atoms with van der Waals surface area (Å²) in [5.74, 6) is -1.96. The number of nitrogens with zero attached hydrogens (tertiary/aromatic N) is 2. The number of hydrogen-bond acceptors (Lipinski definition) is 4. The Morgan fingerprint density at radius 1 is 0.812 bits per heavy atom. The van der Waals surface area contributed by atoms with E-state index in [0.717, 1.165) is 10.5 Å². The first kappa shape index (κ1) is 21.0. The maximum absolute atomic E-state index is 13.2. The molecule has 1 aliphatic heterocycles. The number of carbonyl (C=O) groups excluding carboxylic acids is 4. The molecule has 0 spiro atoms. The molecule has 0 aromatic heterocycles. The first-order valence-corrected chi connectivity index (χ1v) is 10.1. The number of benzene rings is 3. The van der Waals surface area contributed by atoms with Gasteiger partial charge < -0.3 is 10.2 Å². The minimum absolute atomic E-state index is 0.264. The lowest BCUT2D eigenvalue weighted by Gasteiger charge is -2.24. The molecule has 32 heavy (non-hydrogen) atoms. The van der Waals surface area contributed by atoms with E-state index in [9.17, 15) is 19.2 Å². The topological polar surface area (TPSA) is 86.8 Å². The molecule has 3 aromatic carbocycles. The maximum Gasteiger partial charge on any atom is 0.262 e. The molecule has 0 bridgehead atoms. The van der Waals surface area contributed by atoms with Crippen LogP contribution in [0.1, 0.15) is 26.3 Å². The van der Waals surface area contributed by atoms with Crippen molar-refractivity contribution >= 4 is 35.0 Å². The minimum Gasteiger partial charge on any atom is -0.324 e. The zero-order chi connectivity index (χ0) is 22.7. The zero-order valence-electron chi connectivity index (χ0n) is 17.4. The molecule has 0 saturated carbocycles. The molecule has 7 nitrogen and oxygen atoms in total. The van der Waals surface area contributed by atoms with Gasteiger partial charge in [-0.15, -0.1) is 0 Å². The van der Waals surface area contributed by atoms with Crippen molar-refractivity contribution in [3.8, 4) is 0 Å². The Morgan fingerprint density at radius 3 is 2.00 bits per heavy atom. The van der Waals surface area contributed by atoms with E-state index >= 15 is 0 Å². The summed E-state index contributed by atoms with van der Waals surface area (Å²) >= 11 is 0. The van der Waals surface area contributed by atoms with Crippen LogP contribution in [-0.2, 0) is 9.59 Å². The molecule has 0 atom stereocenters. The molecule has 3 aromatic rings. The van der Waals surface area contributed by atoms with Crippen molar-refractivity contribution in [3.05, 3.63) is 95.6 Å². The van der Waals surface area contributed by atoms with E-state index in [4.69, 9.17) is 0 Å². The minimum atomic E-state index is -0.536. The van der Waals surface area contributed by atoms with Crippen molar-refractivity contribution < 1.29 is 19.2 Å². The van der Waals surface area contributed by atoms with Crippen LogP contribution < -0.4 is 10.2 Å². The molecule has 1 heterocycles. The van der Waals surface area contributed by atoms with Crippen LogP contribution in [0.5, 0.6) is 0 Å². The number of anilines is 2. The van der Waals surface area contributed by atoms with Crippen LogP contribution >= 0.6 is 0 Å². The predicted molar refractivity (Wildman–Crippen MR) is 120 cm³/mol. The number of rotatable bonds is 6. The standard InChI is InChI=1S/C25H21N3O4/c1-17-9-5-8-14-21(17)26-22(29)15-27(18-10-3-2-4-11-18)23(30)16-28-24(31)19-12-6-7-13-20(19)25(28)32/h2-14H,15-16H2,1H3,(H,26,29). The molecule has 0 radical (unpaired) electrons. The van der Waals surface area contributed by atoms with E-state index in [1.807, 2.05) is 25.1 Å². The first-order chi connectivity index (χ1) is 15.5. The molecule has 4 rings (SSSR count). The summed E-state index contributed by atoms with van der Waals surface area (Å²) in [6.07, 6.45) is 0. The van der Waals surface area contributed by atoms with Gasteiger partial charge in [0.2, 0.25) is 11.8 Å². The summed E-state index contributed by atoms with van der Waals surface area (Å²) in [6.45, 7) is 1.15. The van der Waals surface area contributed by atoms with Gasteiger partial charge in [-0.25, -0.2) is 0 Å². The van der Waals surface area contributed by atoms with Crippen LogP contribution in [0.4, 0.5) is 11.4 Å². The monoisotopic (exact) mass is 427 g/mol. The SMILES string of the molecule is Cc1ccccc1NC(=O)CN(C(=O)CN1C(=O)c2ccccc2C1=O)c1ccccc1. The fourth-order valence-electron chi connectivity index (χ4n) is 3.58. The molecule has 0 unspecified atom stereocenters. The van der Waals surface area contributed by atoms with Crippen molar-refractivity contribution in [2.45, 2.75) is 6.92 Å². The highest BCUT2D eigenvalue weighted by Crippen LogP contribution is 2.23. The van der Waals surface area contributed by atoms with Gasteiger partial charge >= 0.3 is 0 Å². The van der Waals surface area contributed by atoms with Crippen molar-refractivity contribution in [2.24, 2.45) is 0 Å². The fraction of sp³-hybridized carbons (Fsp3) is 0.120. The second-order valence-electron chi connectivity index (χ2n) is 7.42. The van der Waals surface area contributed by atoms with Crippen molar-refractivity contribution in [1.82, 2.24) is 4.90 Å². The number of amides is 4. The summed E-state index contributed by atoms with van der Waals surface area (Å²) in [5.41, 5.74) is 2.58. The molecule has 160 valence electrons. The predicted octanol–water partition coefficient (Wildman–Crippen LogP) is 3.26. The Balaban J connectivity index is 1.54. The third-order valence-electron chi connectivity index (χ3n) is 5.26. The Kier molecular flexibility index (Phi) is 5.81. The molecule has 0 aliphatic carbocycles. The van der Waals surface area contributed by atoms with E-state index < -0.39 is 24.3 Å². The van der Waals surface area contributed by atoms with Gasteiger partial charge in [-0.1, -0.05) is 48.5 Å². The third-order valence-corrected chi connectivity index (χ3v) is 5.26. The second-order valence-corrected chi connectivity index (χ2v) is 7.42. The number of nitrogens with one attached hydrogen (secondary N) is 1. The Morgan fingerprint density at radius 2 is 1.38 bits per heavy atom. The number of imide groups is 1. The lowest BCUT2D eigenvalue weighted by atomic mass is 10.1. The summed E-state index contributed by atoms with van der Waals surface area (Å²) in [5, 5.41) is 2.81. The van der Waals surface area contributed by atoms with Crippen LogP contribution in [0.15, 0.2) is 78.9 Å². The van der Waals surface area contributed by atoms with Gasteiger partial charge in [0, 0.05) is 11.4 Å². The zero-order valence-corrected chi connectivity index (χ0v) is 17.4. The number of carbonyl (C=O) groups is 4. The van der Waals surface area contributed by atoms with E-state index in [1.54, 1.807) is 60.7 Å². The molecule has 7 heteroatoms. The van der Waals surface area contributed by atoms with Gasteiger partial charge in [0.05, 0.1) is 11.1 Å². The van der Waals surface area contributed by atoms with E-state index in [1.165, 1.54) is 4.90 Å². The number of aryl methyl sites for hydroxylation is 1. The number of fused-ring (bicyclic) bond motifs is 1. The van der Waals surface area contributed by atoms with Crippen LogP contribution in [-0.4, -0.2) is 41.6 Å². The van der Waals surface area contributed by atoms with Gasteiger partial charge in [0.1, 0.15) is 13.1 Å². The first-order valence-electron chi connectivity index (χ1n) is 10.1. The average molecular weight is 427 g/mol. The van der Waals surface area contributed by atoms with Crippen molar-refractivity contribution in [2.75, 3.05) is 23.3 Å². The molecule has 0 saturated heterocycles. The highest BCUT2D eigenvalue weighted by molar-refractivity contribution is 6.23. The summed E-state index contributed by atoms with van der Waals surface area (Å²) in [4.78, 5) is 53.5. The van der Waals surface area contributed by atoms with Gasteiger partial charge in [-0.2, -0.15) is 0 Å². The smallest absolute Gasteiger partial charge is 0.262 e.